The first-order valence-electron chi connectivity index (χ1n) is 8.17. The number of hydrogen-bond donors (Lipinski definition) is 3. The van der Waals surface area contributed by atoms with Crippen LogP contribution in [0.2, 0.25) is 0 Å². The van der Waals surface area contributed by atoms with Crippen molar-refractivity contribution in [1.29, 1.82) is 0 Å². The Kier molecular flexibility index (Phi) is 5.09. The van der Waals surface area contributed by atoms with Crippen LogP contribution in [0.1, 0.15) is 20.3 Å². The molecule has 1 amide bonds. The number of imidazole rings is 1. The number of H-pyrrole nitrogens is 1. The SMILES string of the molecule is CC(C)CC(=O)NC(=S)Nc1ccc(-c2nc3ccccc3[nH]2)cc1. The summed E-state index contributed by atoms with van der Waals surface area (Å²) in [6.45, 7) is 3.99. The lowest BCUT2D eigenvalue weighted by atomic mass is 10.1. The van der Waals surface area contributed by atoms with Crippen molar-refractivity contribution in [2.75, 3.05) is 5.32 Å². The van der Waals surface area contributed by atoms with Gasteiger partial charge in [0, 0.05) is 17.7 Å². The Morgan fingerprint density at radius 3 is 2.56 bits per heavy atom. The van der Waals surface area contributed by atoms with Gasteiger partial charge in [0.15, 0.2) is 5.11 Å². The van der Waals surface area contributed by atoms with E-state index in [-0.39, 0.29) is 5.91 Å². The second kappa shape index (κ2) is 7.44. The van der Waals surface area contributed by atoms with Crippen molar-refractivity contribution in [1.82, 2.24) is 15.3 Å². The van der Waals surface area contributed by atoms with Crippen molar-refractivity contribution in [3.05, 3.63) is 48.5 Å². The first kappa shape index (κ1) is 17.1. The lowest BCUT2D eigenvalue weighted by molar-refractivity contribution is -0.120. The van der Waals surface area contributed by atoms with E-state index in [1.807, 2.05) is 62.4 Å². The van der Waals surface area contributed by atoms with Crippen LogP contribution in [0, 0.1) is 5.92 Å². The van der Waals surface area contributed by atoms with E-state index in [1.165, 1.54) is 0 Å². The molecule has 1 heterocycles. The monoisotopic (exact) mass is 352 g/mol. The molecule has 3 aromatic rings. The number of anilines is 1. The van der Waals surface area contributed by atoms with Gasteiger partial charge in [0.1, 0.15) is 5.82 Å². The summed E-state index contributed by atoms with van der Waals surface area (Å²) < 4.78 is 0. The standard InChI is InChI=1S/C19H20N4OS/c1-12(2)11-17(24)23-19(25)20-14-9-7-13(8-10-14)18-21-15-5-3-4-6-16(15)22-18/h3-10,12H,11H2,1-2H3,(H,21,22)(H2,20,23,24,25). The van der Waals surface area contributed by atoms with Crippen molar-refractivity contribution in [2.24, 2.45) is 5.92 Å². The van der Waals surface area contributed by atoms with Crippen LogP contribution in [-0.4, -0.2) is 21.0 Å². The third-order valence-corrected chi connectivity index (χ3v) is 3.86. The molecule has 25 heavy (non-hydrogen) atoms. The molecule has 2 aromatic carbocycles. The number of aromatic nitrogens is 2. The van der Waals surface area contributed by atoms with E-state index in [9.17, 15) is 4.79 Å². The molecule has 0 atom stereocenters. The number of carbonyl (C=O) groups excluding carboxylic acids is 1. The molecule has 6 heteroatoms. The number of carbonyl (C=O) groups is 1. The summed E-state index contributed by atoms with van der Waals surface area (Å²) in [6.07, 6.45) is 0.451. The number of hydrogen-bond acceptors (Lipinski definition) is 3. The summed E-state index contributed by atoms with van der Waals surface area (Å²) >= 11 is 5.17. The van der Waals surface area contributed by atoms with Crippen LogP contribution < -0.4 is 10.6 Å². The van der Waals surface area contributed by atoms with Gasteiger partial charge in [0.25, 0.3) is 0 Å². The van der Waals surface area contributed by atoms with Gasteiger partial charge in [-0.3, -0.25) is 4.79 Å². The largest absolute Gasteiger partial charge is 0.338 e. The van der Waals surface area contributed by atoms with Gasteiger partial charge in [-0.15, -0.1) is 0 Å². The minimum absolute atomic E-state index is 0.0774. The molecule has 0 spiro atoms. The molecule has 0 aliphatic rings. The Morgan fingerprint density at radius 1 is 1.16 bits per heavy atom. The first-order valence-corrected chi connectivity index (χ1v) is 8.58. The number of thiocarbonyl (C=S) groups is 1. The average Bonchev–Trinajstić information content (AvgIpc) is 2.98. The number of fused-ring (bicyclic) bond motifs is 1. The smallest absolute Gasteiger partial charge is 0.226 e. The maximum absolute atomic E-state index is 11.7. The summed E-state index contributed by atoms with van der Waals surface area (Å²) in [5, 5.41) is 6.01. The highest BCUT2D eigenvalue weighted by Crippen LogP contribution is 2.21. The predicted molar refractivity (Wildman–Crippen MR) is 105 cm³/mol. The van der Waals surface area contributed by atoms with E-state index in [4.69, 9.17) is 12.2 Å². The van der Waals surface area contributed by atoms with E-state index in [0.717, 1.165) is 28.1 Å². The van der Waals surface area contributed by atoms with Crippen molar-refractivity contribution in [2.45, 2.75) is 20.3 Å². The van der Waals surface area contributed by atoms with Crippen LogP contribution in [-0.2, 0) is 4.79 Å². The Hall–Kier alpha value is -2.73. The van der Waals surface area contributed by atoms with Crippen LogP contribution in [0.25, 0.3) is 22.4 Å². The molecule has 3 N–H and O–H groups in total. The second-order valence-corrected chi connectivity index (χ2v) is 6.69. The van der Waals surface area contributed by atoms with Gasteiger partial charge in [-0.2, -0.15) is 0 Å². The van der Waals surface area contributed by atoms with E-state index in [2.05, 4.69) is 20.6 Å². The van der Waals surface area contributed by atoms with Crippen molar-refractivity contribution in [3.63, 3.8) is 0 Å². The van der Waals surface area contributed by atoms with Crippen LogP contribution in [0.5, 0.6) is 0 Å². The van der Waals surface area contributed by atoms with Gasteiger partial charge in [-0.05, 0) is 54.5 Å². The Balaban J connectivity index is 1.66. The number of aromatic amines is 1. The van der Waals surface area contributed by atoms with E-state index in [0.29, 0.717) is 17.5 Å². The van der Waals surface area contributed by atoms with Crippen molar-refractivity contribution in [3.8, 4) is 11.4 Å². The minimum atomic E-state index is -0.0774. The van der Waals surface area contributed by atoms with Crippen molar-refractivity contribution < 1.29 is 4.79 Å². The van der Waals surface area contributed by atoms with Crippen LogP contribution in [0.3, 0.4) is 0 Å². The Labute approximate surface area is 151 Å². The number of para-hydroxylation sites is 2. The lowest BCUT2D eigenvalue weighted by Gasteiger charge is -2.10. The second-order valence-electron chi connectivity index (χ2n) is 6.28. The summed E-state index contributed by atoms with van der Waals surface area (Å²) in [7, 11) is 0. The van der Waals surface area contributed by atoms with E-state index in [1.54, 1.807) is 0 Å². The van der Waals surface area contributed by atoms with Gasteiger partial charge in [-0.25, -0.2) is 4.98 Å². The average molecular weight is 352 g/mol. The minimum Gasteiger partial charge on any atom is -0.338 e. The maximum Gasteiger partial charge on any atom is 0.226 e. The topological polar surface area (TPSA) is 69.8 Å². The van der Waals surface area contributed by atoms with Gasteiger partial charge < -0.3 is 15.6 Å². The van der Waals surface area contributed by atoms with Crippen LogP contribution >= 0.6 is 12.2 Å². The predicted octanol–water partition coefficient (Wildman–Crippen LogP) is 4.09. The molecule has 0 radical (unpaired) electrons. The Bertz CT molecular complexity index is 866. The zero-order valence-corrected chi connectivity index (χ0v) is 15.0. The Morgan fingerprint density at radius 2 is 1.88 bits per heavy atom. The highest BCUT2D eigenvalue weighted by molar-refractivity contribution is 7.80. The molecular weight excluding hydrogens is 332 g/mol. The normalized spacial score (nSPS) is 10.8. The molecule has 0 bridgehead atoms. The van der Waals surface area contributed by atoms with Crippen LogP contribution in [0.15, 0.2) is 48.5 Å². The third kappa shape index (κ3) is 4.42. The molecular formula is C19H20N4OS. The van der Waals surface area contributed by atoms with Crippen molar-refractivity contribution >= 4 is 40.0 Å². The van der Waals surface area contributed by atoms with Gasteiger partial charge in [0.05, 0.1) is 11.0 Å². The molecule has 0 aliphatic heterocycles. The lowest BCUT2D eigenvalue weighted by Crippen LogP contribution is -2.34. The van der Waals surface area contributed by atoms with E-state index < -0.39 is 0 Å². The summed E-state index contributed by atoms with van der Waals surface area (Å²) in [4.78, 5) is 19.6. The van der Waals surface area contributed by atoms with Gasteiger partial charge >= 0.3 is 0 Å². The quantitative estimate of drug-likeness (QED) is 0.619. The number of benzene rings is 2. The molecule has 0 fully saturated rings. The highest BCUT2D eigenvalue weighted by atomic mass is 32.1. The molecule has 1 aromatic heterocycles. The number of amides is 1. The molecule has 0 saturated heterocycles. The third-order valence-electron chi connectivity index (χ3n) is 3.65. The summed E-state index contributed by atoms with van der Waals surface area (Å²) in [6, 6.07) is 15.6. The molecule has 3 rings (SSSR count). The zero-order valence-electron chi connectivity index (χ0n) is 14.2. The molecule has 0 unspecified atom stereocenters. The number of nitrogens with zero attached hydrogens (tertiary/aromatic N) is 1. The zero-order chi connectivity index (χ0) is 17.8. The fourth-order valence-electron chi connectivity index (χ4n) is 2.51. The van der Waals surface area contributed by atoms with Crippen LogP contribution in [0.4, 0.5) is 5.69 Å². The van der Waals surface area contributed by atoms with E-state index >= 15 is 0 Å². The molecule has 0 aliphatic carbocycles. The first-order chi connectivity index (χ1) is 12.0. The fraction of sp³-hybridized carbons (Fsp3) is 0.211. The maximum atomic E-state index is 11.7. The molecule has 0 saturated carbocycles. The molecule has 5 nitrogen and oxygen atoms in total. The highest BCUT2D eigenvalue weighted by Gasteiger charge is 2.08. The van der Waals surface area contributed by atoms with Gasteiger partial charge in [-0.1, -0.05) is 26.0 Å². The fourth-order valence-corrected chi connectivity index (χ4v) is 2.74. The summed E-state index contributed by atoms with van der Waals surface area (Å²) in [5.74, 6) is 1.04. The number of rotatable bonds is 4. The number of nitrogens with one attached hydrogen (secondary N) is 3. The van der Waals surface area contributed by atoms with Gasteiger partial charge in [0.2, 0.25) is 5.91 Å². The molecule has 128 valence electrons. The summed E-state index contributed by atoms with van der Waals surface area (Å²) in [5.41, 5.74) is 3.74.